The van der Waals surface area contributed by atoms with E-state index >= 15 is 0 Å². The third kappa shape index (κ3) is 6.19. The second-order valence-electron chi connectivity index (χ2n) is 5.92. The average molecular weight is 322 g/mol. The number of nitrogens with zero attached hydrogens (tertiary/aromatic N) is 4. The largest absolute Gasteiger partial charge is 0.381 e. The fourth-order valence-electron chi connectivity index (χ4n) is 2.77. The Labute approximate surface area is 139 Å². The zero-order valence-corrected chi connectivity index (χ0v) is 14.6. The van der Waals surface area contributed by atoms with Gasteiger partial charge in [-0.15, -0.1) is 0 Å². The lowest BCUT2D eigenvalue weighted by atomic mass is 10.1. The SMILES string of the molecule is CCNC(=NCc1cnn(C)c1)NCCN1CCC(OC)CC1. The molecule has 2 heterocycles. The van der Waals surface area contributed by atoms with Crippen LogP contribution < -0.4 is 10.6 Å². The Kier molecular flexibility index (Phi) is 7.35. The maximum atomic E-state index is 5.41. The van der Waals surface area contributed by atoms with Crippen LogP contribution in [0.15, 0.2) is 17.4 Å². The van der Waals surface area contributed by atoms with Gasteiger partial charge in [-0.25, -0.2) is 4.99 Å². The van der Waals surface area contributed by atoms with E-state index in [1.807, 2.05) is 26.6 Å². The molecule has 2 rings (SSSR count). The molecule has 2 N–H and O–H groups in total. The molecule has 1 aromatic rings. The van der Waals surface area contributed by atoms with Gasteiger partial charge in [0, 0.05) is 58.6 Å². The first kappa shape index (κ1) is 17.7. The zero-order valence-electron chi connectivity index (χ0n) is 14.6. The van der Waals surface area contributed by atoms with Gasteiger partial charge in [0.05, 0.1) is 18.8 Å². The Morgan fingerprint density at radius 1 is 1.39 bits per heavy atom. The molecule has 1 aliphatic heterocycles. The molecule has 0 atom stereocenters. The topological polar surface area (TPSA) is 66.7 Å². The van der Waals surface area contributed by atoms with Gasteiger partial charge >= 0.3 is 0 Å². The molecular formula is C16H30N6O. The molecule has 0 aromatic carbocycles. The first-order chi connectivity index (χ1) is 11.2. The van der Waals surface area contributed by atoms with Crippen LogP contribution in [0.3, 0.4) is 0 Å². The van der Waals surface area contributed by atoms with Gasteiger partial charge in [-0.1, -0.05) is 0 Å². The summed E-state index contributed by atoms with van der Waals surface area (Å²) in [6.07, 6.45) is 6.55. The van der Waals surface area contributed by atoms with Crippen LogP contribution in [-0.2, 0) is 18.3 Å². The van der Waals surface area contributed by atoms with Crippen molar-refractivity contribution in [3.63, 3.8) is 0 Å². The van der Waals surface area contributed by atoms with E-state index < -0.39 is 0 Å². The van der Waals surface area contributed by atoms with Gasteiger partial charge in [0.2, 0.25) is 0 Å². The fraction of sp³-hybridized carbons (Fsp3) is 0.750. The number of rotatable bonds is 7. The highest BCUT2D eigenvalue weighted by Crippen LogP contribution is 2.11. The number of hydrogen-bond acceptors (Lipinski definition) is 4. The minimum Gasteiger partial charge on any atom is -0.381 e. The molecule has 0 saturated carbocycles. The molecule has 1 saturated heterocycles. The fourth-order valence-corrected chi connectivity index (χ4v) is 2.77. The third-order valence-corrected chi connectivity index (χ3v) is 4.11. The molecule has 1 aromatic heterocycles. The zero-order chi connectivity index (χ0) is 16.5. The quantitative estimate of drug-likeness (QED) is 0.568. The van der Waals surface area contributed by atoms with E-state index in [-0.39, 0.29) is 0 Å². The van der Waals surface area contributed by atoms with Gasteiger partial charge < -0.3 is 20.3 Å². The lowest BCUT2D eigenvalue weighted by Gasteiger charge is -2.31. The van der Waals surface area contributed by atoms with Crippen LogP contribution in [0, 0.1) is 0 Å². The Balaban J connectivity index is 1.71. The van der Waals surface area contributed by atoms with Crippen LogP contribution in [0.1, 0.15) is 25.3 Å². The van der Waals surface area contributed by atoms with Crippen LogP contribution in [0.2, 0.25) is 0 Å². The summed E-state index contributed by atoms with van der Waals surface area (Å²) in [5.74, 6) is 0.864. The molecule has 0 amide bonds. The van der Waals surface area contributed by atoms with Gasteiger partial charge in [-0.05, 0) is 19.8 Å². The lowest BCUT2D eigenvalue weighted by molar-refractivity contribution is 0.0417. The number of hydrogen-bond donors (Lipinski definition) is 2. The maximum absolute atomic E-state index is 5.41. The summed E-state index contributed by atoms with van der Waals surface area (Å²) in [5, 5.41) is 10.9. The second-order valence-corrected chi connectivity index (χ2v) is 5.92. The summed E-state index contributed by atoms with van der Waals surface area (Å²) in [4.78, 5) is 7.09. The average Bonchev–Trinajstić information content (AvgIpc) is 2.99. The Bertz CT molecular complexity index is 479. The van der Waals surface area contributed by atoms with Crippen LogP contribution in [0.4, 0.5) is 0 Å². The highest BCUT2D eigenvalue weighted by Gasteiger charge is 2.17. The van der Waals surface area contributed by atoms with Gasteiger partial charge in [-0.2, -0.15) is 5.10 Å². The van der Waals surface area contributed by atoms with Crippen molar-refractivity contribution in [1.82, 2.24) is 25.3 Å². The molecule has 0 bridgehead atoms. The van der Waals surface area contributed by atoms with Crippen molar-refractivity contribution in [2.45, 2.75) is 32.4 Å². The van der Waals surface area contributed by atoms with Crippen LogP contribution in [-0.4, -0.2) is 66.6 Å². The van der Waals surface area contributed by atoms with E-state index in [1.54, 1.807) is 4.68 Å². The van der Waals surface area contributed by atoms with Crippen LogP contribution in [0.5, 0.6) is 0 Å². The normalized spacial score (nSPS) is 17.4. The van der Waals surface area contributed by atoms with Gasteiger partial charge in [0.1, 0.15) is 0 Å². The van der Waals surface area contributed by atoms with Gasteiger partial charge in [-0.3, -0.25) is 4.68 Å². The number of piperidine rings is 1. The highest BCUT2D eigenvalue weighted by molar-refractivity contribution is 5.79. The summed E-state index contributed by atoms with van der Waals surface area (Å²) >= 11 is 0. The number of aromatic nitrogens is 2. The van der Waals surface area contributed by atoms with Gasteiger partial charge in [0.25, 0.3) is 0 Å². The predicted molar refractivity (Wildman–Crippen MR) is 92.5 cm³/mol. The molecular weight excluding hydrogens is 292 g/mol. The molecule has 23 heavy (non-hydrogen) atoms. The highest BCUT2D eigenvalue weighted by atomic mass is 16.5. The van der Waals surface area contributed by atoms with Crippen molar-refractivity contribution in [2.24, 2.45) is 12.0 Å². The number of methoxy groups -OCH3 is 1. The molecule has 7 nitrogen and oxygen atoms in total. The molecule has 7 heteroatoms. The van der Waals surface area contributed by atoms with Crippen molar-refractivity contribution in [1.29, 1.82) is 0 Å². The summed E-state index contributed by atoms with van der Waals surface area (Å²) < 4.78 is 7.21. The van der Waals surface area contributed by atoms with Crippen molar-refractivity contribution in [2.75, 3.05) is 39.8 Å². The van der Waals surface area contributed by atoms with E-state index in [1.165, 1.54) is 0 Å². The number of likely N-dealkylation sites (tertiary alicyclic amines) is 1. The summed E-state index contributed by atoms with van der Waals surface area (Å²) in [6.45, 7) is 7.74. The van der Waals surface area contributed by atoms with E-state index in [9.17, 15) is 0 Å². The summed E-state index contributed by atoms with van der Waals surface area (Å²) in [5.41, 5.74) is 1.12. The molecule has 0 radical (unpaired) electrons. The number of guanidine groups is 1. The molecule has 0 unspecified atom stereocenters. The summed E-state index contributed by atoms with van der Waals surface area (Å²) in [6, 6.07) is 0. The standard InChI is InChI=1S/C16H30N6O/c1-4-17-16(19-11-14-12-20-21(2)13-14)18-7-10-22-8-5-15(23-3)6-9-22/h12-13,15H,4-11H2,1-3H3,(H2,17,18,19). The van der Waals surface area contributed by atoms with Crippen molar-refractivity contribution >= 4 is 5.96 Å². The predicted octanol–water partition coefficient (Wildman–Crippen LogP) is 0.586. The number of aryl methyl sites for hydroxylation is 1. The van der Waals surface area contributed by atoms with Crippen molar-refractivity contribution in [3.8, 4) is 0 Å². The number of nitrogens with one attached hydrogen (secondary N) is 2. The van der Waals surface area contributed by atoms with Crippen molar-refractivity contribution in [3.05, 3.63) is 18.0 Å². The lowest BCUT2D eigenvalue weighted by Crippen LogP contribution is -2.44. The van der Waals surface area contributed by atoms with Crippen LogP contribution in [0.25, 0.3) is 0 Å². The number of ether oxygens (including phenoxy) is 1. The number of aliphatic imine (C=N–C) groups is 1. The molecule has 1 fully saturated rings. The maximum Gasteiger partial charge on any atom is 0.191 e. The second kappa shape index (κ2) is 9.52. The monoisotopic (exact) mass is 322 g/mol. The molecule has 130 valence electrons. The smallest absolute Gasteiger partial charge is 0.191 e. The Morgan fingerprint density at radius 3 is 2.78 bits per heavy atom. The van der Waals surface area contributed by atoms with E-state index in [4.69, 9.17) is 4.74 Å². The van der Waals surface area contributed by atoms with Crippen molar-refractivity contribution < 1.29 is 4.74 Å². The first-order valence-electron chi connectivity index (χ1n) is 8.46. The first-order valence-corrected chi connectivity index (χ1v) is 8.46. The Hall–Kier alpha value is -1.60. The minimum atomic E-state index is 0.442. The molecule has 0 aliphatic carbocycles. The van der Waals surface area contributed by atoms with Gasteiger partial charge in [0.15, 0.2) is 5.96 Å². The van der Waals surface area contributed by atoms with Crippen LogP contribution >= 0.6 is 0 Å². The van der Waals surface area contributed by atoms with E-state index in [0.717, 1.165) is 57.1 Å². The van der Waals surface area contributed by atoms with E-state index in [2.05, 4.69) is 32.5 Å². The molecule has 0 spiro atoms. The Morgan fingerprint density at radius 2 is 2.17 bits per heavy atom. The minimum absolute atomic E-state index is 0.442. The summed E-state index contributed by atoms with van der Waals surface area (Å²) in [7, 11) is 3.73. The van der Waals surface area contributed by atoms with E-state index in [0.29, 0.717) is 12.6 Å². The third-order valence-electron chi connectivity index (χ3n) is 4.11. The molecule has 1 aliphatic rings.